The third-order valence-corrected chi connectivity index (χ3v) is 5.61. The van der Waals surface area contributed by atoms with Gasteiger partial charge in [0.2, 0.25) is 0 Å². The average Bonchev–Trinajstić information content (AvgIpc) is 3.04. The van der Waals surface area contributed by atoms with E-state index in [4.69, 9.17) is 0 Å². The second kappa shape index (κ2) is 14.7. The first-order valence-electron chi connectivity index (χ1n) is 11.2. The topological polar surface area (TPSA) is 69.9 Å². The summed E-state index contributed by atoms with van der Waals surface area (Å²) < 4.78 is 13.7. The van der Waals surface area contributed by atoms with Crippen LogP contribution in [-0.4, -0.2) is 27.9 Å². The lowest BCUT2D eigenvalue weighted by Gasteiger charge is -2.18. The molecule has 2 rings (SSSR count). The highest BCUT2D eigenvalue weighted by atomic mass is 19.1. The van der Waals surface area contributed by atoms with Gasteiger partial charge in [-0.2, -0.15) is 0 Å². The van der Waals surface area contributed by atoms with Crippen molar-refractivity contribution in [3.63, 3.8) is 0 Å². The molecule has 0 bridgehead atoms. The molecule has 1 unspecified atom stereocenters. The van der Waals surface area contributed by atoms with Crippen LogP contribution < -0.4 is 0 Å². The summed E-state index contributed by atoms with van der Waals surface area (Å²) in [6.07, 6.45) is 12.1. The Kier molecular flexibility index (Phi) is 12.7. The maximum absolute atomic E-state index is 13.7. The zero-order chi connectivity index (χ0) is 23.2. The van der Waals surface area contributed by atoms with Crippen LogP contribution in [0.4, 0.5) is 4.39 Å². The molecule has 0 heterocycles. The van der Waals surface area contributed by atoms with Crippen LogP contribution in [0.15, 0.2) is 53.7 Å². The van der Waals surface area contributed by atoms with Crippen LogP contribution in [0.2, 0.25) is 0 Å². The Bertz CT molecular complexity index is 757. The minimum Gasteiger partial charge on any atom is -0.411 e. The van der Waals surface area contributed by atoms with Gasteiger partial charge in [-0.25, -0.2) is 4.39 Å². The molecular formula is C26H38FNO3. The SMILES string of the molecule is C/C=C\C[C@H]1[C@@H](O)C/C(=N/O)[C@@H]1/C=C/C(C)CCc1ccccc1F.CCCC(C)=O. The highest BCUT2D eigenvalue weighted by Gasteiger charge is 2.38. The van der Waals surface area contributed by atoms with Crippen LogP contribution in [0.1, 0.15) is 65.4 Å². The smallest absolute Gasteiger partial charge is 0.129 e. The van der Waals surface area contributed by atoms with Crippen molar-refractivity contribution in [1.29, 1.82) is 0 Å². The van der Waals surface area contributed by atoms with Gasteiger partial charge in [0.25, 0.3) is 0 Å². The Morgan fingerprint density at radius 1 is 1.35 bits per heavy atom. The number of halogens is 1. The lowest BCUT2D eigenvalue weighted by molar-refractivity contribution is -0.117. The van der Waals surface area contributed by atoms with E-state index in [2.05, 4.69) is 18.2 Å². The number of oxime groups is 1. The summed E-state index contributed by atoms with van der Waals surface area (Å²) in [6, 6.07) is 6.87. The van der Waals surface area contributed by atoms with Crippen LogP contribution in [0, 0.1) is 23.6 Å². The molecule has 5 heteroatoms. The second-order valence-corrected chi connectivity index (χ2v) is 8.30. The number of aryl methyl sites for hydroxylation is 1. The summed E-state index contributed by atoms with van der Waals surface area (Å²) >= 11 is 0. The number of rotatable bonds is 9. The number of hydrogen-bond donors (Lipinski definition) is 2. The largest absolute Gasteiger partial charge is 0.411 e. The molecule has 4 atom stereocenters. The van der Waals surface area contributed by atoms with Crippen molar-refractivity contribution in [3.05, 3.63) is 60.0 Å². The summed E-state index contributed by atoms with van der Waals surface area (Å²) in [7, 11) is 0. The van der Waals surface area contributed by atoms with Gasteiger partial charge in [-0.1, -0.05) is 61.5 Å². The molecule has 0 spiro atoms. The van der Waals surface area contributed by atoms with E-state index in [-0.39, 0.29) is 29.4 Å². The first-order chi connectivity index (χ1) is 14.8. The minimum atomic E-state index is -0.481. The monoisotopic (exact) mass is 431 g/mol. The highest BCUT2D eigenvalue weighted by molar-refractivity contribution is 5.90. The van der Waals surface area contributed by atoms with E-state index in [1.165, 1.54) is 6.07 Å². The lowest BCUT2D eigenvalue weighted by Crippen LogP contribution is -2.18. The molecule has 1 fully saturated rings. The van der Waals surface area contributed by atoms with Crippen LogP contribution in [0.5, 0.6) is 0 Å². The molecule has 1 aliphatic rings. The van der Waals surface area contributed by atoms with E-state index >= 15 is 0 Å². The van der Waals surface area contributed by atoms with Crippen LogP contribution >= 0.6 is 0 Å². The molecule has 1 aliphatic carbocycles. The van der Waals surface area contributed by atoms with Gasteiger partial charge in [-0.15, -0.1) is 0 Å². The predicted molar refractivity (Wildman–Crippen MR) is 125 cm³/mol. The van der Waals surface area contributed by atoms with E-state index in [1.54, 1.807) is 13.0 Å². The van der Waals surface area contributed by atoms with Gasteiger partial charge < -0.3 is 15.1 Å². The van der Waals surface area contributed by atoms with Crippen molar-refractivity contribution < 1.29 is 19.5 Å². The number of ketones is 1. The van der Waals surface area contributed by atoms with Crippen molar-refractivity contribution in [1.82, 2.24) is 0 Å². The number of carbonyl (C=O) groups excluding carboxylic acids is 1. The van der Waals surface area contributed by atoms with Gasteiger partial charge in [0, 0.05) is 24.7 Å². The zero-order valence-corrected chi connectivity index (χ0v) is 19.3. The van der Waals surface area contributed by atoms with Gasteiger partial charge >= 0.3 is 0 Å². The van der Waals surface area contributed by atoms with Crippen LogP contribution in [0.3, 0.4) is 0 Å². The normalized spacial score (nSPS) is 23.3. The predicted octanol–water partition coefficient (Wildman–Crippen LogP) is 6.12. The Hall–Kier alpha value is -2.27. The maximum Gasteiger partial charge on any atom is 0.129 e. The molecule has 1 saturated carbocycles. The van der Waals surface area contributed by atoms with E-state index < -0.39 is 6.10 Å². The number of nitrogens with zero attached hydrogens (tertiary/aromatic N) is 1. The number of Topliss-reactive ketones (excluding diaryl/α,β-unsaturated/α-hetero) is 1. The Morgan fingerprint density at radius 2 is 2.06 bits per heavy atom. The van der Waals surface area contributed by atoms with Crippen molar-refractivity contribution >= 4 is 11.5 Å². The fraction of sp³-hybridized carbons (Fsp3) is 0.538. The van der Waals surface area contributed by atoms with Crippen molar-refractivity contribution in [2.45, 2.75) is 72.3 Å². The third kappa shape index (κ3) is 9.60. The second-order valence-electron chi connectivity index (χ2n) is 8.30. The standard InChI is InChI=1S/C21H28FNO2.C5H10O/c1-3-4-8-18-17(20(23-25)14-21(18)24)13-11-15(2)10-12-16-7-5-6-9-19(16)22;1-3-4-5(2)6/h3-7,9,11,13,15,17-18,21,24-25H,8,10,12,14H2,1-2H3;3-4H2,1-2H3/b4-3-,13-11+,23-20-;/t15?,17-,18-,21+;/m1./s1. The molecule has 2 N–H and O–H groups in total. The van der Waals surface area contributed by atoms with Crippen LogP contribution in [0.25, 0.3) is 0 Å². The lowest BCUT2D eigenvalue weighted by atomic mass is 9.89. The molecule has 0 saturated heterocycles. The summed E-state index contributed by atoms with van der Waals surface area (Å²) in [5, 5.41) is 22.9. The quantitative estimate of drug-likeness (QED) is 0.281. The molecule has 0 amide bonds. The molecule has 1 aromatic rings. The van der Waals surface area contributed by atoms with Crippen molar-refractivity contribution in [3.8, 4) is 0 Å². The Labute approximate surface area is 186 Å². The summed E-state index contributed by atoms with van der Waals surface area (Å²) in [4.78, 5) is 10.0. The van der Waals surface area contributed by atoms with E-state index in [1.807, 2.05) is 44.2 Å². The van der Waals surface area contributed by atoms with Crippen molar-refractivity contribution in [2.24, 2.45) is 22.9 Å². The maximum atomic E-state index is 13.7. The molecular weight excluding hydrogens is 393 g/mol. The summed E-state index contributed by atoms with van der Waals surface area (Å²) in [6.45, 7) is 7.67. The van der Waals surface area contributed by atoms with Gasteiger partial charge in [0.05, 0.1) is 11.8 Å². The number of carbonyl (C=O) groups is 1. The number of allylic oxidation sites excluding steroid dienone is 4. The summed E-state index contributed by atoms with van der Waals surface area (Å²) in [5.41, 5.74) is 1.38. The fourth-order valence-corrected chi connectivity index (χ4v) is 3.79. The number of aliphatic hydroxyl groups is 1. The van der Waals surface area contributed by atoms with E-state index in [9.17, 15) is 19.5 Å². The molecule has 0 aromatic heterocycles. The molecule has 172 valence electrons. The molecule has 1 aromatic carbocycles. The minimum absolute atomic E-state index is 0.0390. The van der Waals surface area contributed by atoms with Gasteiger partial charge in [-0.05, 0) is 57.1 Å². The Balaban J connectivity index is 0.000000703. The molecule has 0 aliphatic heterocycles. The zero-order valence-electron chi connectivity index (χ0n) is 19.3. The molecule has 0 radical (unpaired) electrons. The summed E-state index contributed by atoms with van der Waals surface area (Å²) in [5.74, 6) is 0.403. The van der Waals surface area contributed by atoms with Gasteiger partial charge in [0.1, 0.15) is 11.6 Å². The van der Waals surface area contributed by atoms with Crippen molar-refractivity contribution in [2.75, 3.05) is 0 Å². The van der Waals surface area contributed by atoms with Gasteiger partial charge in [-0.3, -0.25) is 0 Å². The van der Waals surface area contributed by atoms with Gasteiger partial charge in [0.15, 0.2) is 0 Å². The Morgan fingerprint density at radius 3 is 2.61 bits per heavy atom. The van der Waals surface area contributed by atoms with Crippen LogP contribution in [-0.2, 0) is 11.2 Å². The average molecular weight is 432 g/mol. The number of benzene rings is 1. The van der Waals surface area contributed by atoms with E-state index in [0.717, 1.165) is 31.2 Å². The number of hydrogen-bond acceptors (Lipinski definition) is 4. The van der Waals surface area contributed by atoms with E-state index in [0.29, 0.717) is 18.6 Å². The third-order valence-electron chi connectivity index (χ3n) is 5.61. The molecule has 31 heavy (non-hydrogen) atoms. The first-order valence-corrected chi connectivity index (χ1v) is 11.2. The molecule has 4 nitrogen and oxygen atoms in total. The fourth-order valence-electron chi connectivity index (χ4n) is 3.79. The number of aliphatic hydroxyl groups excluding tert-OH is 1. The first kappa shape index (κ1) is 26.8. The highest BCUT2D eigenvalue weighted by Crippen LogP contribution is 2.34.